The molecule has 0 radical (unpaired) electrons. The molecular weight excluding hydrogens is 378 g/mol. The van der Waals surface area contributed by atoms with Gasteiger partial charge in [-0.25, -0.2) is 4.79 Å². The molecule has 5 heteroatoms. The van der Waals surface area contributed by atoms with E-state index in [0.717, 1.165) is 22.4 Å². The fourth-order valence-corrected chi connectivity index (χ4v) is 3.33. The monoisotopic (exact) mass is 403 g/mol. The minimum Gasteiger partial charge on any atom is -0.478 e. The number of amides is 1. The van der Waals surface area contributed by atoms with Gasteiger partial charge < -0.3 is 15.2 Å². The van der Waals surface area contributed by atoms with Gasteiger partial charge in [-0.05, 0) is 61.7 Å². The van der Waals surface area contributed by atoms with Crippen LogP contribution in [0.2, 0.25) is 0 Å². The Morgan fingerprint density at radius 1 is 0.933 bits per heavy atom. The molecule has 154 valence electrons. The van der Waals surface area contributed by atoms with Crippen molar-refractivity contribution in [2.45, 2.75) is 32.8 Å². The third kappa shape index (κ3) is 5.06. The number of nitrogens with one attached hydrogen (secondary N) is 1. The van der Waals surface area contributed by atoms with Crippen LogP contribution in [0.4, 0.5) is 5.69 Å². The lowest BCUT2D eigenvalue weighted by Crippen LogP contribution is -2.38. The Labute approximate surface area is 176 Å². The Morgan fingerprint density at radius 3 is 2.10 bits per heavy atom. The molecule has 0 aliphatic carbocycles. The van der Waals surface area contributed by atoms with Gasteiger partial charge in [0.05, 0.1) is 6.42 Å². The average molecular weight is 403 g/mol. The van der Waals surface area contributed by atoms with Gasteiger partial charge in [-0.2, -0.15) is 0 Å². The Bertz CT molecular complexity index is 1020. The standard InChI is InChI=1S/C25H25NO4/c1-17-13-18(2)15-21(14-17)26-23(27)16-19-9-11-22(12-10-19)30-25(3,24(28)29)20-7-5-4-6-8-20/h4-15H,16H2,1-3H3,(H,26,27)(H,28,29). The lowest BCUT2D eigenvalue weighted by atomic mass is 9.96. The highest BCUT2D eigenvalue weighted by Crippen LogP contribution is 2.29. The summed E-state index contributed by atoms with van der Waals surface area (Å²) in [6, 6.07) is 21.6. The third-order valence-electron chi connectivity index (χ3n) is 4.85. The highest BCUT2D eigenvalue weighted by atomic mass is 16.5. The molecule has 0 heterocycles. The first kappa shape index (κ1) is 21.1. The van der Waals surface area contributed by atoms with E-state index in [1.165, 1.54) is 6.92 Å². The van der Waals surface area contributed by atoms with Gasteiger partial charge in [-0.3, -0.25) is 4.79 Å². The van der Waals surface area contributed by atoms with Crippen LogP contribution in [-0.2, 0) is 21.6 Å². The quantitative estimate of drug-likeness (QED) is 0.590. The number of anilines is 1. The Hall–Kier alpha value is -3.60. The fourth-order valence-electron chi connectivity index (χ4n) is 3.33. The second kappa shape index (κ2) is 8.82. The zero-order valence-corrected chi connectivity index (χ0v) is 17.3. The molecule has 2 N–H and O–H groups in total. The molecule has 0 spiro atoms. The van der Waals surface area contributed by atoms with Crippen molar-refractivity contribution in [2.75, 3.05) is 5.32 Å². The van der Waals surface area contributed by atoms with Crippen molar-refractivity contribution < 1.29 is 19.4 Å². The second-order valence-electron chi connectivity index (χ2n) is 7.55. The van der Waals surface area contributed by atoms with Crippen LogP contribution in [-0.4, -0.2) is 17.0 Å². The van der Waals surface area contributed by atoms with E-state index in [1.807, 2.05) is 32.0 Å². The van der Waals surface area contributed by atoms with E-state index >= 15 is 0 Å². The van der Waals surface area contributed by atoms with Crippen LogP contribution in [0.15, 0.2) is 72.8 Å². The molecule has 3 rings (SSSR count). The second-order valence-corrected chi connectivity index (χ2v) is 7.55. The van der Waals surface area contributed by atoms with Crippen LogP contribution < -0.4 is 10.1 Å². The van der Waals surface area contributed by atoms with Gasteiger partial charge in [-0.15, -0.1) is 0 Å². The summed E-state index contributed by atoms with van der Waals surface area (Å²) in [4.78, 5) is 24.3. The van der Waals surface area contributed by atoms with Gasteiger partial charge in [0.25, 0.3) is 0 Å². The molecule has 3 aromatic rings. The zero-order chi connectivity index (χ0) is 21.7. The van der Waals surface area contributed by atoms with E-state index in [-0.39, 0.29) is 12.3 Å². The summed E-state index contributed by atoms with van der Waals surface area (Å²) >= 11 is 0. The number of rotatable bonds is 7. The number of aliphatic carboxylic acids is 1. The van der Waals surface area contributed by atoms with Crippen molar-refractivity contribution in [3.63, 3.8) is 0 Å². The molecule has 30 heavy (non-hydrogen) atoms. The van der Waals surface area contributed by atoms with Gasteiger partial charge in [-0.1, -0.05) is 48.5 Å². The highest BCUT2D eigenvalue weighted by molar-refractivity contribution is 5.92. The first-order valence-corrected chi connectivity index (χ1v) is 9.71. The van der Waals surface area contributed by atoms with E-state index in [2.05, 4.69) is 11.4 Å². The van der Waals surface area contributed by atoms with E-state index in [1.54, 1.807) is 48.5 Å². The maximum Gasteiger partial charge on any atom is 0.352 e. The van der Waals surface area contributed by atoms with Crippen molar-refractivity contribution in [1.29, 1.82) is 0 Å². The Kier molecular flexibility index (Phi) is 6.21. The van der Waals surface area contributed by atoms with Crippen LogP contribution in [0.5, 0.6) is 5.75 Å². The number of carboxylic acid groups (broad SMARTS) is 1. The third-order valence-corrected chi connectivity index (χ3v) is 4.85. The highest BCUT2D eigenvalue weighted by Gasteiger charge is 2.37. The minimum atomic E-state index is -1.51. The van der Waals surface area contributed by atoms with Crippen LogP contribution >= 0.6 is 0 Å². The Balaban J connectivity index is 1.68. The first-order chi connectivity index (χ1) is 14.3. The number of ether oxygens (including phenoxy) is 1. The van der Waals surface area contributed by atoms with Gasteiger partial charge in [0.2, 0.25) is 11.5 Å². The number of carbonyl (C=O) groups is 2. The molecule has 1 amide bonds. The number of carboxylic acids is 1. The molecule has 0 saturated carbocycles. The fraction of sp³-hybridized carbons (Fsp3) is 0.200. The number of aryl methyl sites for hydroxylation is 2. The predicted molar refractivity (Wildman–Crippen MR) is 117 cm³/mol. The van der Waals surface area contributed by atoms with Crippen molar-refractivity contribution in [1.82, 2.24) is 0 Å². The number of hydrogen-bond acceptors (Lipinski definition) is 3. The van der Waals surface area contributed by atoms with Crippen LogP contribution in [0.3, 0.4) is 0 Å². The lowest BCUT2D eigenvalue weighted by molar-refractivity contribution is -0.154. The number of hydrogen-bond donors (Lipinski definition) is 2. The summed E-state index contributed by atoms with van der Waals surface area (Å²) in [6.07, 6.45) is 0.210. The molecule has 0 aliphatic rings. The van der Waals surface area contributed by atoms with Crippen molar-refractivity contribution in [2.24, 2.45) is 0 Å². The van der Waals surface area contributed by atoms with Crippen molar-refractivity contribution in [3.8, 4) is 5.75 Å². The summed E-state index contributed by atoms with van der Waals surface area (Å²) in [6.45, 7) is 5.50. The SMILES string of the molecule is Cc1cc(C)cc(NC(=O)Cc2ccc(OC(C)(C(=O)O)c3ccccc3)cc2)c1. The largest absolute Gasteiger partial charge is 0.478 e. The molecule has 0 aliphatic heterocycles. The summed E-state index contributed by atoms with van der Waals surface area (Å²) in [5.74, 6) is -0.777. The summed E-state index contributed by atoms with van der Waals surface area (Å²) in [7, 11) is 0. The zero-order valence-electron chi connectivity index (χ0n) is 17.3. The van der Waals surface area contributed by atoms with E-state index in [0.29, 0.717) is 11.3 Å². The smallest absolute Gasteiger partial charge is 0.352 e. The molecule has 0 saturated heterocycles. The Morgan fingerprint density at radius 2 is 1.53 bits per heavy atom. The summed E-state index contributed by atoms with van der Waals surface area (Å²) < 4.78 is 5.83. The number of benzene rings is 3. The van der Waals surface area contributed by atoms with Gasteiger partial charge in [0, 0.05) is 11.3 Å². The summed E-state index contributed by atoms with van der Waals surface area (Å²) in [5.41, 5.74) is 2.80. The first-order valence-electron chi connectivity index (χ1n) is 9.71. The van der Waals surface area contributed by atoms with Crippen molar-refractivity contribution >= 4 is 17.6 Å². The van der Waals surface area contributed by atoms with Crippen LogP contribution in [0, 0.1) is 13.8 Å². The molecule has 0 fully saturated rings. The van der Waals surface area contributed by atoms with E-state index < -0.39 is 11.6 Å². The average Bonchev–Trinajstić information content (AvgIpc) is 2.69. The van der Waals surface area contributed by atoms with Gasteiger partial charge in [0.1, 0.15) is 5.75 Å². The molecule has 1 unspecified atom stereocenters. The number of carbonyl (C=O) groups excluding carboxylic acids is 1. The van der Waals surface area contributed by atoms with Crippen molar-refractivity contribution in [3.05, 3.63) is 95.1 Å². The van der Waals surface area contributed by atoms with Gasteiger partial charge >= 0.3 is 5.97 Å². The van der Waals surface area contributed by atoms with Crippen LogP contribution in [0.25, 0.3) is 0 Å². The maximum absolute atomic E-state index is 12.4. The molecule has 0 bridgehead atoms. The molecule has 5 nitrogen and oxygen atoms in total. The normalized spacial score (nSPS) is 12.6. The van der Waals surface area contributed by atoms with Crippen LogP contribution in [0.1, 0.15) is 29.2 Å². The topological polar surface area (TPSA) is 75.6 Å². The van der Waals surface area contributed by atoms with Gasteiger partial charge in [0.15, 0.2) is 0 Å². The maximum atomic E-state index is 12.4. The molecule has 1 atom stereocenters. The lowest BCUT2D eigenvalue weighted by Gasteiger charge is -2.27. The summed E-state index contributed by atoms with van der Waals surface area (Å²) in [5, 5.41) is 12.6. The molecular formula is C25H25NO4. The minimum absolute atomic E-state index is 0.117. The molecule has 3 aromatic carbocycles. The van der Waals surface area contributed by atoms with E-state index in [4.69, 9.17) is 4.74 Å². The predicted octanol–water partition coefficient (Wildman–Crippen LogP) is 4.86. The molecule has 0 aromatic heterocycles. The van der Waals surface area contributed by atoms with E-state index in [9.17, 15) is 14.7 Å².